The Morgan fingerprint density at radius 3 is 2.53 bits per heavy atom. The van der Waals surface area contributed by atoms with Crippen molar-refractivity contribution in [3.05, 3.63) is 41.3 Å². The molecule has 34 heavy (non-hydrogen) atoms. The Morgan fingerprint density at radius 1 is 1.09 bits per heavy atom. The van der Waals surface area contributed by atoms with E-state index in [1.54, 1.807) is 0 Å². The maximum atomic E-state index is 11.7. The fourth-order valence-electron chi connectivity index (χ4n) is 6.08. The summed E-state index contributed by atoms with van der Waals surface area (Å²) in [5.74, 6) is 2.96. The van der Waals surface area contributed by atoms with Crippen molar-refractivity contribution in [1.82, 2.24) is 25.1 Å². The number of nitrogens with one attached hydrogen (secondary N) is 1. The molecule has 178 valence electrons. The van der Waals surface area contributed by atoms with E-state index < -0.39 is 5.60 Å². The van der Waals surface area contributed by atoms with E-state index in [0.29, 0.717) is 18.2 Å². The van der Waals surface area contributed by atoms with Crippen LogP contribution in [0.5, 0.6) is 0 Å². The summed E-state index contributed by atoms with van der Waals surface area (Å²) in [5, 5.41) is 19.1. The number of fused-ring (bicyclic) bond motifs is 1. The first-order chi connectivity index (χ1) is 16.2. The van der Waals surface area contributed by atoms with Gasteiger partial charge in [-0.05, 0) is 75.6 Å². The lowest BCUT2D eigenvalue weighted by atomic mass is 9.76. The van der Waals surface area contributed by atoms with Gasteiger partial charge in [-0.25, -0.2) is 14.6 Å². The summed E-state index contributed by atoms with van der Waals surface area (Å²) in [6.07, 6.45) is 6.17. The summed E-state index contributed by atoms with van der Waals surface area (Å²) in [7, 11) is 0. The zero-order valence-corrected chi connectivity index (χ0v) is 20.1. The fourth-order valence-corrected chi connectivity index (χ4v) is 6.08. The average molecular weight is 461 g/mol. The van der Waals surface area contributed by atoms with Crippen LogP contribution >= 0.6 is 0 Å². The van der Waals surface area contributed by atoms with Crippen LogP contribution in [0.15, 0.2) is 24.4 Å². The summed E-state index contributed by atoms with van der Waals surface area (Å²) < 4.78 is 1.92. The summed E-state index contributed by atoms with van der Waals surface area (Å²) in [6.45, 7) is 8.45. The Morgan fingerprint density at radius 2 is 1.82 bits per heavy atom. The highest BCUT2D eigenvalue weighted by molar-refractivity contribution is 5.82. The number of benzene rings is 1. The number of aromatic nitrogens is 4. The number of amides is 1. The lowest BCUT2D eigenvalue weighted by Gasteiger charge is -2.47. The van der Waals surface area contributed by atoms with E-state index in [9.17, 15) is 9.90 Å². The van der Waals surface area contributed by atoms with Gasteiger partial charge >= 0.3 is 0 Å². The van der Waals surface area contributed by atoms with Gasteiger partial charge in [-0.2, -0.15) is 5.10 Å². The highest BCUT2D eigenvalue weighted by Gasteiger charge is 2.48. The third-order valence-corrected chi connectivity index (χ3v) is 8.06. The molecule has 1 aliphatic carbocycles. The van der Waals surface area contributed by atoms with Crippen molar-refractivity contribution < 1.29 is 9.90 Å². The average Bonchev–Trinajstić information content (AvgIpc) is 3.35. The zero-order valence-electron chi connectivity index (χ0n) is 20.1. The topological polar surface area (TPSA) is 96.2 Å². The molecule has 3 aliphatic rings. The molecule has 2 aromatic heterocycles. The Labute approximate surface area is 199 Å². The molecule has 8 nitrogen and oxygen atoms in total. The van der Waals surface area contributed by atoms with Crippen LogP contribution in [0, 0.1) is 19.3 Å². The molecule has 0 unspecified atom stereocenters. The van der Waals surface area contributed by atoms with Gasteiger partial charge in [0.25, 0.3) is 0 Å². The van der Waals surface area contributed by atoms with Crippen LogP contribution in [0.2, 0.25) is 0 Å². The Kier molecular flexibility index (Phi) is 4.75. The van der Waals surface area contributed by atoms with Gasteiger partial charge in [0.15, 0.2) is 5.82 Å². The molecule has 1 aromatic carbocycles. The van der Waals surface area contributed by atoms with Crippen LogP contribution in [-0.4, -0.2) is 56.0 Å². The van der Waals surface area contributed by atoms with Gasteiger partial charge in [0, 0.05) is 42.9 Å². The fraction of sp³-hybridized carbons (Fsp3) is 0.538. The maximum absolute atomic E-state index is 11.7. The van der Waals surface area contributed by atoms with Crippen LogP contribution in [0.3, 0.4) is 0 Å². The highest BCUT2D eigenvalue weighted by atomic mass is 16.3. The molecule has 2 saturated heterocycles. The number of rotatable bonds is 3. The molecule has 6 rings (SSSR count). The summed E-state index contributed by atoms with van der Waals surface area (Å²) >= 11 is 0. The first-order valence-corrected chi connectivity index (χ1v) is 12.3. The van der Waals surface area contributed by atoms with Gasteiger partial charge in [-0.1, -0.05) is 0 Å². The number of anilines is 1. The van der Waals surface area contributed by atoms with Crippen LogP contribution < -0.4 is 10.2 Å². The number of carbonyl (C=O) groups is 1. The molecule has 3 aromatic rings. The van der Waals surface area contributed by atoms with Gasteiger partial charge in [-0.3, -0.25) is 4.79 Å². The van der Waals surface area contributed by atoms with Crippen LogP contribution in [0.4, 0.5) is 5.82 Å². The van der Waals surface area contributed by atoms with Crippen LogP contribution in [0.25, 0.3) is 16.7 Å². The zero-order chi connectivity index (χ0) is 23.7. The van der Waals surface area contributed by atoms with Gasteiger partial charge in [-0.15, -0.1) is 0 Å². The molecule has 0 bridgehead atoms. The minimum atomic E-state index is -0.539. The maximum Gasteiger partial charge on any atom is 0.220 e. The molecule has 0 atom stereocenters. The number of aliphatic hydroxyl groups is 1. The number of nitrogens with zero attached hydrogens (tertiary/aromatic N) is 5. The summed E-state index contributed by atoms with van der Waals surface area (Å²) in [5.41, 5.74) is 3.18. The van der Waals surface area contributed by atoms with Gasteiger partial charge in [0.2, 0.25) is 5.91 Å². The molecule has 1 spiro atoms. The van der Waals surface area contributed by atoms with E-state index in [-0.39, 0.29) is 11.3 Å². The Bertz CT molecular complexity index is 1280. The summed E-state index contributed by atoms with van der Waals surface area (Å²) in [6, 6.07) is 6.50. The van der Waals surface area contributed by atoms with Crippen LogP contribution in [0.1, 0.15) is 61.9 Å². The van der Waals surface area contributed by atoms with E-state index in [2.05, 4.69) is 34.3 Å². The SMILES string of the molecule is Cc1nc(N2CC3(CNC(=O)C3)C2)cc(-n2ncc3cc(C)c([C@H]4CC[C@@](C)(O)CC4)cc32)n1. The minimum Gasteiger partial charge on any atom is -0.390 e. The van der Waals surface area contributed by atoms with E-state index >= 15 is 0 Å². The molecule has 3 fully saturated rings. The van der Waals surface area contributed by atoms with Crippen molar-refractivity contribution in [2.45, 2.75) is 64.4 Å². The minimum absolute atomic E-state index is 0.0472. The molecule has 8 heteroatoms. The molecule has 0 radical (unpaired) electrons. The first kappa shape index (κ1) is 21.5. The van der Waals surface area contributed by atoms with Crippen molar-refractivity contribution in [2.75, 3.05) is 24.5 Å². The molecule has 2 aliphatic heterocycles. The number of hydrogen-bond donors (Lipinski definition) is 2. The Hall–Kier alpha value is -3.00. The lowest BCUT2D eigenvalue weighted by Crippen LogP contribution is -2.57. The first-order valence-electron chi connectivity index (χ1n) is 12.3. The molecule has 4 heterocycles. The van der Waals surface area contributed by atoms with Crippen molar-refractivity contribution >= 4 is 22.6 Å². The molecule has 1 amide bonds. The third kappa shape index (κ3) is 3.64. The predicted molar refractivity (Wildman–Crippen MR) is 130 cm³/mol. The van der Waals surface area contributed by atoms with E-state index in [1.807, 2.05) is 30.8 Å². The van der Waals surface area contributed by atoms with E-state index in [0.717, 1.165) is 67.9 Å². The lowest BCUT2D eigenvalue weighted by molar-refractivity contribution is -0.119. The van der Waals surface area contributed by atoms with Crippen molar-refractivity contribution in [3.63, 3.8) is 0 Å². The van der Waals surface area contributed by atoms with Gasteiger partial charge in [0.05, 0.1) is 17.3 Å². The van der Waals surface area contributed by atoms with E-state index in [4.69, 9.17) is 10.1 Å². The number of hydrogen-bond acceptors (Lipinski definition) is 6. The van der Waals surface area contributed by atoms with Crippen molar-refractivity contribution in [3.8, 4) is 5.82 Å². The third-order valence-electron chi connectivity index (χ3n) is 8.06. The monoisotopic (exact) mass is 460 g/mol. The molecular formula is C26H32N6O2. The van der Waals surface area contributed by atoms with Gasteiger partial charge in [0.1, 0.15) is 11.6 Å². The summed E-state index contributed by atoms with van der Waals surface area (Å²) in [4.78, 5) is 23.3. The second kappa shape index (κ2) is 7.50. The second-order valence-corrected chi connectivity index (χ2v) is 11.0. The molecule has 1 saturated carbocycles. The standard InChI is InChI=1S/C26H32N6O2/c1-16-8-19-12-28-32(21(19)9-20(16)18-4-6-25(3,34)7-5-18)23-10-22(29-17(2)30-23)31-14-26(15-31)11-24(33)27-13-26/h8-10,12,18,34H,4-7,11,13-15H2,1-3H3,(H,27,33)/t18-,25+. The quantitative estimate of drug-likeness (QED) is 0.623. The largest absolute Gasteiger partial charge is 0.390 e. The normalized spacial score (nSPS) is 26.2. The smallest absolute Gasteiger partial charge is 0.220 e. The van der Waals surface area contributed by atoms with Crippen molar-refractivity contribution in [1.29, 1.82) is 0 Å². The highest BCUT2D eigenvalue weighted by Crippen LogP contribution is 2.41. The van der Waals surface area contributed by atoms with Crippen molar-refractivity contribution in [2.24, 2.45) is 5.41 Å². The predicted octanol–water partition coefficient (Wildman–Crippen LogP) is 3.17. The van der Waals surface area contributed by atoms with Gasteiger partial charge < -0.3 is 15.3 Å². The van der Waals surface area contributed by atoms with Crippen LogP contribution in [-0.2, 0) is 4.79 Å². The molecule has 2 N–H and O–H groups in total. The number of carbonyl (C=O) groups excluding carboxylic acids is 1. The van der Waals surface area contributed by atoms with E-state index in [1.165, 1.54) is 11.1 Å². The Balaban J connectivity index is 1.32. The molecular weight excluding hydrogens is 428 g/mol. The second-order valence-electron chi connectivity index (χ2n) is 11.0. The number of aryl methyl sites for hydroxylation is 2.